The molecular weight excluding hydrogens is 200 g/mol. The van der Waals surface area contributed by atoms with Crippen LogP contribution in [0.2, 0.25) is 0 Å². The first-order valence-electron chi connectivity index (χ1n) is 6.56. The van der Waals surface area contributed by atoms with E-state index in [9.17, 15) is 4.79 Å². The molecule has 0 saturated heterocycles. The molecule has 0 radical (unpaired) electrons. The molecular formula is C14H26O2. The van der Waals surface area contributed by atoms with Crippen molar-refractivity contribution >= 4 is 5.97 Å². The Bertz CT molecular complexity index is 197. The molecule has 94 valence electrons. The smallest absolute Gasteiger partial charge is 0.327 e. The van der Waals surface area contributed by atoms with Crippen LogP contribution in [0, 0.1) is 5.92 Å². The summed E-state index contributed by atoms with van der Waals surface area (Å²) in [4.78, 5) is 10.3. The van der Waals surface area contributed by atoms with Gasteiger partial charge in [0.1, 0.15) is 0 Å². The molecule has 0 aliphatic rings. The molecule has 0 spiro atoms. The van der Waals surface area contributed by atoms with Crippen molar-refractivity contribution in [1.82, 2.24) is 0 Å². The quantitative estimate of drug-likeness (QED) is 0.442. The van der Waals surface area contributed by atoms with Crippen molar-refractivity contribution in [2.45, 2.75) is 65.2 Å². The van der Waals surface area contributed by atoms with E-state index in [4.69, 9.17) is 5.11 Å². The Morgan fingerprint density at radius 3 is 2.44 bits per heavy atom. The minimum absolute atomic E-state index is 0.613. The second-order valence-corrected chi connectivity index (χ2v) is 4.64. The maximum absolute atomic E-state index is 10.3. The second-order valence-electron chi connectivity index (χ2n) is 4.64. The van der Waals surface area contributed by atoms with Gasteiger partial charge in [0.15, 0.2) is 0 Å². The van der Waals surface area contributed by atoms with Gasteiger partial charge in [0.25, 0.3) is 0 Å². The summed E-state index contributed by atoms with van der Waals surface area (Å²) in [6.45, 7) is 4.43. The number of carboxylic acid groups (broad SMARTS) is 1. The first-order valence-corrected chi connectivity index (χ1v) is 6.56. The molecule has 2 nitrogen and oxygen atoms in total. The largest absolute Gasteiger partial charge is 0.478 e. The van der Waals surface area contributed by atoms with Gasteiger partial charge in [-0.15, -0.1) is 0 Å². The van der Waals surface area contributed by atoms with E-state index in [0.717, 1.165) is 6.42 Å². The Kier molecular flexibility index (Phi) is 10.2. The van der Waals surface area contributed by atoms with E-state index in [2.05, 4.69) is 13.8 Å². The summed E-state index contributed by atoms with van der Waals surface area (Å²) in [5.41, 5.74) is 0. The third kappa shape index (κ3) is 11.3. The first kappa shape index (κ1) is 15.2. The molecule has 1 N–H and O–H groups in total. The zero-order valence-electron chi connectivity index (χ0n) is 10.7. The van der Waals surface area contributed by atoms with Crippen LogP contribution in [0.1, 0.15) is 65.2 Å². The standard InChI is InChI=1S/C14H26O2/c1-3-4-5-6-7-8-10-13(2)11-9-12-14(15)16/h9,12-13H,3-8,10-11H2,1-2H3,(H,15,16)/b12-9+. The molecule has 0 aliphatic heterocycles. The maximum Gasteiger partial charge on any atom is 0.327 e. The van der Waals surface area contributed by atoms with Crippen molar-refractivity contribution in [3.63, 3.8) is 0 Å². The summed E-state index contributed by atoms with van der Waals surface area (Å²) in [5.74, 6) is -0.228. The highest BCUT2D eigenvalue weighted by molar-refractivity contribution is 5.79. The van der Waals surface area contributed by atoms with Crippen LogP contribution < -0.4 is 0 Å². The van der Waals surface area contributed by atoms with Gasteiger partial charge >= 0.3 is 5.97 Å². The summed E-state index contributed by atoms with van der Waals surface area (Å²) in [5, 5.41) is 8.44. The molecule has 0 saturated carbocycles. The molecule has 2 heteroatoms. The molecule has 1 atom stereocenters. The Morgan fingerprint density at radius 1 is 1.19 bits per heavy atom. The third-order valence-corrected chi connectivity index (χ3v) is 2.85. The lowest BCUT2D eigenvalue weighted by Gasteiger charge is -2.07. The predicted octanol–water partition coefficient (Wildman–Crippen LogP) is 4.40. The van der Waals surface area contributed by atoms with Gasteiger partial charge in [0.05, 0.1) is 0 Å². The van der Waals surface area contributed by atoms with E-state index in [-0.39, 0.29) is 0 Å². The summed E-state index contributed by atoms with van der Waals surface area (Å²) < 4.78 is 0. The van der Waals surface area contributed by atoms with Gasteiger partial charge in [-0.05, 0) is 12.3 Å². The van der Waals surface area contributed by atoms with E-state index in [1.807, 2.05) is 0 Å². The Morgan fingerprint density at radius 2 is 1.81 bits per heavy atom. The van der Waals surface area contributed by atoms with Crippen molar-refractivity contribution in [3.05, 3.63) is 12.2 Å². The molecule has 0 aromatic rings. The number of rotatable bonds is 10. The van der Waals surface area contributed by atoms with Crippen molar-refractivity contribution in [2.75, 3.05) is 0 Å². The highest BCUT2D eigenvalue weighted by Gasteiger charge is 1.99. The molecule has 0 heterocycles. The topological polar surface area (TPSA) is 37.3 Å². The van der Waals surface area contributed by atoms with Gasteiger partial charge in [-0.1, -0.05) is 64.9 Å². The molecule has 0 amide bonds. The number of hydrogen-bond acceptors (Lipinski definition) is 1. The number of allylic oxidation sites excluding steroid dienone is 1. The molecule has 16 heavy (non-hydrogen) atoms. The van der Waals surface area contributed by atoms with Gasteiger partial charge < -0.3 is 5.11 Å². The maximum atomic E-state index is 10.3. The number of hydrogen-bond donors (Lipinski definition) is 1. The number of carbonyl (C=O) groups is 1. The second kappa shape index (κ2) is 10.7. The van der Waals surface area contributed by atoms with E-state index in [1.54, 1.807) is 6.08 Å². The minimum Gasteiger partial charge on any atom is -0.478 e. The van der Waals surface area contributed by atoms with Crippen LogP contribution in [0.4, 0.5) is 0 Å². The fourth-order valence-corrected chi connectivity index (χ4v) is 1.79. The van der Waals surface area contributed by atoms with Crippen LogP contribution in [0.15, 0.2) is 12.2 Å². The van der Waals surface area contributed by atoms with Crippen molar-refractivity contribution < 1.29 is 9.90 Å². The predicted molar refractivity (Wildman–Crippen MR) is 68.5 cm³/mol. The van der Waals surface area contributed by atoms with E-state index in [1.165, 1.54) is 51.0 Å². The van der Waals surface area contributed by atoms with Crippen LogP contribution in [-0.2, 0) is 4.79 Å². The minimum atomic E-state index is -0.841. The lowest BCUT2D eigenvalue weighted by Crippen LogP contribution is -1.94. The number of carboxylic acids is 1. The van der Waals surface area contributed by atoms with Crippen molar-refractivity contribution in [2.24, 2.45) is 5.92 Å². The van der Waals surface area contributed by atoms with Crippen LogP contribution in [-0.4, -0.2) is 11.1 Å². The van der Waals surface area contributed by atoms with Gasteiger partial charge in [0.2, 0.25) is 0 Å². The zero-order chi connectivity index (χ0) is 12.2. The van der Waals surface area contributed by atoms with Crippen LogP contribution in [0.5, 0.6) is 0 Å². The first-order chi connectivity index (χ1) is 7.66. The van der Waals surface area contributed by atoms with Crippen LogP contribution in [0.3, 0.4) is 0 Å². The van der Waals surface area contributed by atoms with Gasteiger partial charge in [-0.2, -0.15) is 0 Å². The average molecular weight is 226 g/mol. The molecule has 0 rings (SSSR count). The number of aliphatic carboxylic acids is 1. The van der Waals surface area contributed by atoms with Gasteiger partial charge in [0, 0.05) is 6.08 Å². The van der Waals surface area contributed by atoms with Crippen LogP contribution in [0.25, 0.3) is 0 Å². The Hall–Kier alpha value is -0.790. The molecule has 0 aromatic heterocycles. The van der Waals surface area contributed by atoms with Crippen molar-refractivity contribution in [1.29, 1.82) is 0 Å². The molecule has 0 bridgehead atoms. The molecule has 0 aliphatic carbocycles. The lowest BCUT2D eigenvalue weighted by atomic mass is 9.99. The fraction of sp³-hybridized carbons (Fsp3) is 0.786. The highest BCUT2D eigenvalue weighted by atomic mass is 16.4. The van der Waals surface area contributed by atoms with E-state index < -0.39 is 5.97 Å². The zero-order valence-corrected chi connectivity index (χ0v) is 10.7. The molecule has 0 fully saturated rings. The van der Waals surface area contributed by atoms with Crippen LogP contribution >= 0.6 is 0 Å². The number of unbranched alkanes of at least 4 members (excludes halogenated alkanes) is 5. The molecule has 0 aromatic carbocycles. The highest BCUT2D eigenvalue weighted by Crippen LogP contribution is 2.14. The average Bonchev–Trinajstić information content (AvgIpc) is 2.22. The third-order valence-electron chi connectivity index (χ3n) is 2.85. The summed E-state index contributed by atoms with van der Waals surface area (Å²) in [6, 6.07) is 0. The van der Waals surface area contributed by atoms with E-state index in [0.29, 0.717) is 5.92 Å². The molecule has 1 unspecified atom stereocenters. The summed E-state index contributed by atoms with van der Waals surface area (Å²) in [6.07, 6.45) is 13.1. The summed E-state index contributed by atoms with van der Waals surface area (Å²) >= 11 is 0. The fourth-order valence-electron chi connectivity index (χ4n) is 1.79. The van der Waals surface area contributed by atoms with Gasteiger partial charge in [-0.3, -0.25) is 0 Å². The van der Waals surface area contributed by atoms with E-state index >= 15 is 0 Å². The Balaban J connectivity index is 3.30. The SMILES string of the molecule is CCCCCCCCC(C)C/C=C/C(=O)O. The Labute approximate surface area is 99.7 Å². The summed E-state index contributed by atoms with van der Waals surface area (Å²) in [7, 11) is 0. The monoisotopic (exact) mass is 226 g/mol. The van der Waals surface area contributed by atoms with Gasteiger partial charge in [-0.25, -0.2) is 4.79 Å². The van der Waals surface area contributed by atoms with Crippen molar-refractivity contribution in [3.8, 4) is 0 Å². The lowest BCUT2D eigenvalue weighted by molar-refractivity contribution is -0.131. The normalized spacial score (nSPS) is 13.1.